The molecule has 0 radical (unpaired) electrons. The summed E-state index contributed by atoms with van der Waals surface area (Å²) in [6.45, 7) is 2.36. The van der Waals surface area contributed by atoms with Crippen LogP contribution < -0.4 is 4.74 Å². The van der Waals surface area contributed by atoms with Gasteiger partial charge in [0, 0.05) is 6.54 Å². The number of aliphatic carboxylic acids is 1. The summed E-state index contributed by atoms with van der Waals surface area (Å²) in [5.74, 6) is 0.204. The van der Waals surface area contributed by atoms with Crippen LogP contribution in [0.4, 0.5) is 0 Å². The van der Waals surface area contributed by atoms with Gasteiger partial charge in [0.15, 0.2) is 0 Å². The quantitative estimate of drug-likeness (QED) is 0.635. The highest BCUT2D eigenvalue weighted by Gasteiger charge is 2.02. The molecule has 1 aromatic carbocycles. The zero-order valence-electron chi connectivity index (χ0n) is 12.7. The fourth-order valence-corrected chi connectivity index (χ4v) is 1.94. The van der Waals surface area contributed by atoms with E-state index >= 15 is 0 Å². The van der Waals surface area contributed by atoms with Gasteiger partial charge in [-0.1, -0.05) is 31.0 Å². The molecule has 0 saturated carbocycles. The second-order valence-corrected chi connectivity index (χ2v) is 5.02. The molecular formula is C16H26ClNO3. The van der Waals surface area contributed by atoms with Gasteiger partial charge in [-0.2, -0.15) is 0 Å². The SMILES string of the molecule is CN(CCCCCCOc1ccccc1)CCC(=O)O.Cl. The molecular weight excluding hydrogens is 290 g/mol. The summed E-state index contributed by atoms with van der Waals surface area (Å²) < 4.78 is 5.62. The van der Waals surface area contributed by atoms with Gasteiger partial charge in [-0.15, -0.1) is 12.4 Å². The van der Waals surface area contributed by atoms with E-state index in [1.54, 1.807) is 0 Å². The summed E-state index contributed by atoms with van der Waals surface area (Å²) in [7, 11) is 1.97. The number of rotatable bonds is 11. The van der Waals surface area contributed by atoms with Gasteiger partial charge in [-0.25, -0.2) is 0 Å². The molecule has 4 nitrogen and oxygen atoms in total. The largest absolute Gasteiger partial charge is 0.494 e. The van der Waals surface area contributed by atoms with E-state index in [0.717, 1.165) is 44.6 Å². The number of hydrogen-bond acceptors (Lipinski definition) is 3. The van der Waals surface area contributed by atoms with Crippen LogP contribution in [0.3, 0.4) is 0 Å². The lowest BCUT2D eigenvalue weighted by Crippen LogP contribution is -2.22. The number of benzene rings is 1. The number of ether oxygens (including phenoxy) is 1. The number of carboxylic acid groups (broad SMARTS) is 1. The molecule has 0 heterocycles. The second kappa shape index (κ2) is 12.5. The smallest absolute Gasteiger partial charge is 0.304 e. The van der Waals surface area contributed by atoms with Gasteiger partial charge in [-0.05, 0) is 38.6 Å². The zero-order valence-corrected chi connectivity index (χ0v) is 13.5. The summed E-state index contributed by atoms with van der Waals surface area (Å²) in [5.41, 5.74) is 0. The van der Waals surface area contributed by atoms with Gasteiger partial charge in [-0.3, -0.25) is 4.79 Å². The fourth-order valence-electron chi connectivity index (χ4n) is 1.94. The number of hydrogen-bond donors (Lipinski definition) is 1. The molecule has 0 aliphatic rings. The minimum Gasteiger partial charge on any atom is -0.494 e. The molecule has 0 fully saturated rings. The van der Waals surface area contributed by atoms with Gasteiger partial charge in [0.2, 0.25) is 0 Å². The molecule has 0 saturated heterocycles. The van der Waals surface area contributed by atoms with Crippen molar-refractivity contribution in [3.8, 4) is 5.75 Å². The predicted molar refractivity (Wildman–Crippen MR) is 87.4 cm³/mol. The number of unbranched alkanes of at least 4 members (excludes halogenated alkanes) is 3. The normalized spacial score (nSPS) is 10.2. The minimum atomic E-state index is -0.727. The van der Waals surface area contributed by atoms with E-state index in [1.165, 1.54) is 0 Å². The van der Waals surface area contributed by atoms with Crippen LogP contribution in [0.15, 0.2) is 30.3 Å². The Labute approximate surface area is 133 Å². The first-order chi connectivity index (χ1) is 9.68. The van der Waals surface area contributed by atoms with Crippen molar-refractivity contribution >= 4 is 18.4 Å². The van der Waals surface area contributed by atoms with E-state index in [-0.39, 0.29) is 18.8 Å². The van der Waals surface area contributed by atoms with Gasteiger partial charge in [0.1, 0.15) is 5.75 Å². The Hall–Kier alpha value is -1.26. The molecule has 5 heteroatoms. The van der Waals surface area contributed by atoms with Crippen LogP contribution in [0.25, 0.3) is 0 Å². The first kappa shape index (κ1) is 19.7. The molecule has 0 aliphatic heterocycles. The Balaban J connectivity index is 0.00000400. The molecule has 0 bridgehead atoms. The van der Waals surface area contributed by atoms with Crippen molar-refractivity contribution in [3.63, 3.8) is 0 Å². The maximum atomic E-state index is 10.4. The Morgan fingerprint density at radius 2 is 1.76 bits per heavy atom. The zero-order chi connectivity index (χ0) is 14.6. The minimum absolute atomic E-state index is 0. The van der Waals surface area contributed by atoms with Crippen LogP contribution in [-0.4, -0.2) is 42.7 Å². The highest BCUT2D eigenvalue weighted by molar-refractivity contribution is 5.85. The Morgan fingerprint density at radius 1 is 1.10 bits per heavy atom. The molecule has 0 atom stereocenters. The standard InChI is InChI=1S/C16H25NO3.ClH/c1-17(13-11-16(18)19)12-7-2-3-8-14-20-15-9-5-4-6-10-15;/h4-6,9-10H,2-3,7-8,11-14H2,1H3,(H,18,19);1H. The lowest BCUT2D eigenvalue weighted by Gasteiger charge is -2.14. The van der Waals surface area contributed by atoms with Crippen molar-refractivity contribution in [3.05, 3.63) is 30.3 Å². The fraction of sp³-hybridized carbons (Fsp3) is 0.562. The van der Waals surface area contributed by atoms with E-state index in [2.05, 4.69) is 4.90 Å². The van der Waals surface area contributed by atoms with Crippen LogP contribution >= 0.6 is 12.4 Å². The van der Waals surface area contributed by atoms with Crippen molar-refractivity contribution in [2.24, 2.45) is 0 Å². The molecule has 120 valence electrons. The van der Waals surface area contributed by atoms with E-state index in [1.807, 2.05) is 37.4 Å². The van der Waals surface area contributed by atoms with Crippen LogP contribution in [-0.2, 0) is 4.79 Å². The molecule has 1 N–H and O–H groups in total. The first-order valence-corrected chi connectivity index (χ1v) is 7.26. The molecule has 0 aromatic heterocycles. The van der Waals surface area contributed by atoms with E-state index in [4.69, 9.17) is 9.84 Å². The van der Waals surface area contributed by atoms with E-state index < -0.39 is 5.97 Å². The number of carboxylic acids is 1. The summed E-state index contributed by atoms with van der Waals surface area (Å²) in [6.07, 6.45) is 4.71. The Kier molecular flexibility index (Phi) is 11.7. The van der Waals surface area contributed by atoms with E-state index in [9.17, 15) is 4.79 Å². The average molecular weight is 316 g/mol. The Bertz CT molecular complexity index is 373. The maximum absolute atomic E-state index is 10.4. The third-order valence-electron chi connectivity index (χ3n) is 3.15. The molecule has 0 amide bonds. The third kappa shape index (κ3) is 11.1. The molecule has 0 spiro atoms. The average Bonchev–Trinajstić information content (AvgIpc) is 2.45. The van der Waals surface area contributed by atoms with Crippen molar-refractivity contribution < 1.29 is 14.6 Å². The van der Waals surface area contributed by atoms with Gasteiger partial charge in [0.05, 0.1) is 13.0 Å². The summed E-state index contributed by atoms with van der Waals surface area (Å²) in [5, 5.41) is 8.58. The molecule has 0 unspecified atom stereocenters. The van der Waals surface area contributed by atoms with Crippen LogP contribution in [0.2, 0.25) is 0 Å². The molecule has 21 heavy (non-hydrogen) atoms. The lowest BCUT2D eigenvalue weighted by atomic mass is 10.2. The summed E-state index contributed by atoms with van der Waals surface area (Å²) in [4.78, 5) is 12.5. The summed E-state index contributed by atoms with van der Waals surface area (Å²) in [6, 6.07) is 9.87. The van der Waals surface area contributed by atoms with Crippen molar-refractivity contribution in [2.75, 3.05) is 26.7 Å². The van der Waals surface area contributed by atoms with Gasteiger partial charge >= 0.3 is 5.97 Å². The van der Waals surface area contributed by atoms with Crippen molar-refractivity contribution in [1.29, 1.82) is 0 Å². The predicted octanol–water partition coefficient (Wildman–Crippen LogP) is 3.45. The van der Waals surface area contributed by atoms with Crippen LogP contribution in [0.1, 0.15) is 32.1 Å². The van der Waals surface area contributed by atoms with E-state index in [0.29, 0.717) is 6.54 Å². The van der Waals surface area contributed by atoms with Crippen molar-refractivity contribution in [1.82, 2.24) is 4.90 Å². The number of para-hydroxylation sites is 1. The van der Waals surface area contributed by atoms with Gasteiger partial charge < -0.3 is 14.7 Å². The first-order valence-electron chi connectivity index (χ1n) is 7.26. The maximum Gasteiger partial charge on any atom is 0.304 e. The lowest BCUT2D eigenvalue weighted by molar-refractivity contribution is -0.137. The molecule has 1 rings (SSSR count). The molecule has 0 aliphatic carbocycles. The third-order valence-corrected chi connectivity index (χ3v) is 3.15. The topological polar surface area (TPSA) is 49.8 Å². The van der Waals surface area contributed by atoms with Crippen molar-refractivity contribution in [2.45, 2.75) is 32.1 Å². The highest BCUT2D eigenvalue weighted by atomic mass is 35.5. The Morgan fingerprint density at radius 3 is 2.43 bits per heavy atom. The molecule has 1 aromatic rings. The summed E-state index contributed by atoms with van der Waals surface area (Å²) >= 11 is 0. The van der Waals surface area contributed by atoms with Crippen LogP contribution in [0.5, 0.6) is 5.75 Å². The number of nitrogens with zero attached hydrogens (tertiary/aromatic N) is 1. The van der Waals surface area contributed by atoms with Crippen LogP contribution in [0, 0.1) is 0 Å². The van der Waals surface area contributed by atoms with Gasteiger partial charge in [0.25, 0.3) is 0 Å². The number of carbonyl (C=O) groups is 1. The monoisotopic (exact) mass is 315 g/mol. The number of halogens is 1. The second-order valence-electron chi connectivity index (χ2n) is 5.02. The highest BCUT2D eigenvalue weighted by Crippen LogP contribution is 2.09.